The van der Waals surface area contributed by atoms with E-state index in [1.165, 1.54) is 13.0 Å². The second kappa shape index (κ2) is 7.54. The summed E-state index contributed by atoms with van der Waals surface area (Å²) in [4.78, 5) is 24.3. The first-order valence-electron chi connectivity index (χ1n) is 9.03. The Morgan fingerprint density at radius 3 is 2.61 bits per heavy atom. The van der Waals surface area contributed by atoms with Gasteiger partial charge in [-0.25, -0.2) is 0 Å². The highest BCUT2D eigenvalue weighted by molar-refractivity contribution is 6.06. The number of methoxy groups -OCH3 is 2. The monoisotopic (exact) mass is 384 g/mol. The number of ketones is 1. The Labute approximate surface area is 164 Å². The van der Waals surface area contributed by atoms with Crippen LogP contribution in [0.1, 0.15) is 31.9 Å². The van der Waals surface area contributed by atoms with E-state index in [0.717, 1.165) is 5.56 Å². The summed E-state index contributed by atoms with van der Waals surface area (Å²) in [5, 5.41) is 0. The third kappa shape index (κ3) is 3.19. The smallest absolute Gasteiger partial charge is 0.303 e. The summed E-state index contributed by atoms with van der Waals surface area (Å²) in [7, 11) is 3.13. The second-order valence-corrected chi connectivity index (χ2v) is 6.86. The van der Waals surface area contributed by atoms with Crippen molar-refractivity contribution < 1.29 is 28.5 Å². The van der Waals surface area contributed by atoms with E-state index in [4.69, 9.17) is 18.9 Å². The number of carbonyl (C=O) groups excluding carboxylic acids is 2. The molecule has 1 fully saturated rings. The molecule has 1 heterocycles. The molecule has 0 amide bonds. The summed E-state index contributed by atoms with van der Waals surface area (Å²) < 4.78 is 22.6. The van der Waals surface area contributed by atoms with Crippen molar-refractivity contribution in [2.75, 3.05) is 14.2 Å². The molecule has 0 saturated carbocycles. The largest absolute Gasteiger partial charge is 0.493 e. The Bertz CT molecular complexity index is 881. The molecule has 1 aliphatic heterocycles. The molecule has 3 rings (SSSR count). The summed E-state index contributed by atoms with van der Waals surface area (Å²) in [6.45, 7) is 6.98. The van der Waals surface area contributed by atoms with Crippen LogP contribution in [0.5, 0.6) is 11.5 Å². The van der Waals surface area contributed by atoms with Crippen LogP contribution < -0.4 is 9.47 Å². The predicted molar refractivity (Wildman–Crippen MR) is 103 cm³/mol. The van der Waals surface area contributed by atoms with E-state index in [1.54, 1.807) is 32.4 Å². The van der Waals surface area contributed by atoms with Crippen molar-refractivity contribution in [3.8, 4) is 11.5 Å². The first-order chi connectivity index (χ1) is 13.4. The molecule has 0 bridgehead atoms. The van der Waals surface area contributed by atoms with Crippen LogP contribution in [-0.2, 0) is 19.1 Å². The van der Waals surface area contributed by atoms with E-state index in [2.05, 4.69) is 6.58 Å². The van der Waals surface area contributed by atoms with Crippen LogP contribution >= 0.6 is 0 Å². The molecule has 1 aromatic rings. The van der Waals surface area contributed by atoms with Crippen LogP contribution in [-0.4, -0.2) is 31.6 Å². The molecule has 148 valence electrons. The Kier molecular flexibility index (Phi) is 5.31. The highest BCUT2D eigenvalue weighted by Gasteiger charge is 2.56. The SMILES string of the molecule is C=CCC1=CC2(OC(C)=O)C(=CC1=O)O[C@H](c1ccc(OC)c(OC)c1)[C@H]2C. The molecular formula is C22H24O6. The molecule has 1 unspecified atom stereocenters. The summed E-state index contributed by atoms with van der Waals surface area (Å²) in [6.07, 6.45) is 4.73. The lowest BCUT2D eigenvalue weighted by molar-refractivity contribution is -0.152. The third-order valence-electron chi connectivity index (χ3n) is 5.15. The fourth-order valence-electron chi connectivity index (χ4n) is 3.78. The maximum atomic E-state index is 12.4. The van der Waals surface area contributed by atoms with Gasteiger partial charge in [-0.05, 0) is 30.2 Å². The van der Waals surface area contributed by atoms with Gasteiger partial charge in [-0.3, -0.25) is 9.59 Å². The van der Waals surface area contributed by atoms with Crippen molar-refractivity contribution in [3.63, 3.8) is 0 Å². The lowest BCUT2D eigenvalue weighted by Gasteiger charge is -2.32. The number of rotatable bonds is 6. The Morgan fingerprint density at radius 1 is 1.29 bits per heavy atom. The van der Waals surface area contributed by atoms with Gasteiger partial charge in [0.05, 0.1) is 14.2 Å². The minimum Gasteiger partial charge on any atom is -0.493 e. The number of benzene rings is 1. The van der Waals surface area contributed by atoms with Gasteiger partial charge in [-0.1, -0.05) is 19.1 Å². The number of carbonyl (C=O) groups is 2. The number of allylic oxidation sites excluding steroid dienone is 3. The van der Waals surface area contributed by atoms with Gasteiger partial charge < -0.3 is 18.9 Å². The van der Waals surface area contributed by atoms with Crippen molar-refractivity contribution in [1.29, 1.82) is 0 Å². The van der Waals surface area contributed by atoms with Gasteiger partial charge >= 0.3 is 5.97 Å². The number of hydrogen-bond acceptors (Lipinski definition) is 6. The van der Waals surface area contributed by atoms with Gasteiger partial charge in [-0.15, -0.1) is 6.58 Å². The lowest BCUT2D eigenvalue weighted by Crippen LogP contribution is -2.40. The van der Waals surface area contributed by atoms with Crippen molar-refractivity contribution in [1.82, 2.24) is 0 Å². The number of ether oxygens (including phenoxy) is 4. The standard InChI is InChI=1S/C22H24O6/c1-6-7-16-12-22(28-14(3)23)13(2)21(27-20(22)11-17(16)24)15-8-9-18(25-4)19(10-15)26-5/h6,8-13,21H,1,7H2,2-5H3/t13-,21+,22?/m1/s1. The molecule has 6 nitrogen and oxygen atoms in total. The van der Waals surface area contributed by atoms with Crippen molar-refractivity contribution in [3.05, 3.63) is 59.9 Å². The van der Waals surface area contributed by atoms with Gasteiger partial charge in [-0.2, -0.15) is 0 Å². The maximum absolute atomic E-state index is 12.4. The van der Waals surface area contributed by atoms with Crippen LogP contribution in [0.15, 0.2) is 54.3 Å². The van der Waals surface area contributed by atoms with Crippen molar-refractivity contribution >= 4 is 11.8 Å². The summed E-state index contributed by atoms with van der Waals surface area (Å²) in [6, 6.07) is 5.50. The van der Waals surface area contributed by atoms with Crippen LogP contribution in [0.2, 0.25) is 0 Å². The summed E-state index contributed by atoms with van der Waals surface area (Å²) in [5.41, 5.74) is 0.233. The fourth-order valence-corrected chi connectivity index (χ4v) is 3.78. The molecule has 1 aliphatic carbocycles. The van der Waals surface area contributed by atoms with Crippen LogP contribution in [0.25, 0.3) is 0 Å². The van der Waals surface area contributed by atoms with Gasteiger partial charge in [0, 0.05) is 24.5 Å². The molecule has 0 N–H and O–H groups in total. The maximum Gasteiger partial charge on any atom is 0.303 e. The summed E-state index contributed by atoms with van der Waals surface area (Å²) >= 11 is 0. The first-order valence-corrected chi connectivity index (χ1v) is 9.03. The third-order valence-corrected chi connectivity index (χ3v) is 5.15. The highest BCUT2D eigenvalue weighted by Crippen LogP contribution is 2.52. The Balaban J connectivity index is 2.07. The number of hydrogen-bond donors (Lipinski definition) is 0. The van der Waals surface area contributed by atoms with E-state index in [-0.39, 0.29) is 11.7 Å². The van der Waals surface area contributed by atoms with Crippen molar-refractivity contribution in [2.24, 2.45) is 5.92 Å². The van der Waals surface area contributed by atoms with Crippen LogP contribution in [0.4, 0.5) is 0 Å². The Hall–Kier alpha value is -3.02. The first kappa shape index (κ1) is 19.7. The van der Waals surface area contributed by atoms with E-state index in [1.807, 2.05) is 19.1 Å². The molecule has 0 spiro atoms. The molecule has 2 aliphatic rings. The zero-order valence-corrected chi connectivity index (χ0v) is 16.5. The van der Waals surface area contributed by atoms with Gasteiger partial charge in [0.2, 0.25) is 0 Å². The second-order valence-electron chi connectivity index (χ2n) is 6.86. The topological polar surface area (TPSA) is 71.1 Å². The molecule has 3 atom stereocenters. The predicted octanol–water partition coefficient (Wildman–Crippen LogP) is 3.68. The zero-order valence-electron chi connectivity index (χ0n) is 16.5. The van der Waals surface area contributed by atoms with E-state index in [0.29, 0.717) is 29.3 Å². The van der Waals surface area contributed by atoms with Gasteiger partial charge in [0.1, 0.15) is 11.9 Å². The van der Waals surface area contributed by atoms with Crippen molar-refractivity contribution in [2.45, 2.75) is 32.0 Å². The normalized spacial score (nSPS) is 25.8. The zero-order chi connectivity index (χ0) is 20.5. The molecule has 0 radical (unpaired) electrons. The molecule has 0 aromatic heterocycles. The highest BCUT2D eigenvalue weighted by atomic mass is 16.6. The van der Waals surface area contributed by atoms with E-state index < -0.39 is 17.7 Å². The molecular weight excluding hydrogens is 360 g/mol. The van der Waals surface area contributed by atoms with Gasteiger partial charge in [0.25, 0.3) is 0 Å². The van der Waals surface area contributed by atoms with Gasteiger partial charge in [0.15, 0.2) is 22.9 Å². The van der Waals surface area contributed by atoms with E-state index in [9.17, 15) is 9.59 Å². The molecule has 28 heavy (non-hydrogen) atoms. The average Bonchev–Trinajstić information content (AvgIpc) is 2.93. The minimum atomic E-state index is -1.13. The lowest BCUT2D eigenvalue weighted by atomic mass is 9.78. The molecule has 1 saturated heterocycles. The quantitative estimate of drug-likeness (QED) is 0.550. The summed E-state index contributed by atoms with van der Waals surface area (Å²) in [5.74, 6) is 0.629. The molecule has 1 aromatic carbocycles. The Morgan fingerprint density at radius 2 is 2.00 bits per heavy atom. The minimum absolute atomic E-state index is 0.169. The van der Waals surface area contributed by atoms with E-state index >= 15 is 0 Å². The fraction of sp³-hybridized carbons (Fsp3) is 0.364. The van der Waals surface area contributed by atoms with Crippen LogP contribution in [0, 0.1) is 5.92 Å². The van der Waals surface area contributed by atoms with Crippen LogP contribution in [0.3, 0.4) is 0 Å². The molecule has 6 heteroatoms. The number of fused-ring (bicyclic) bond motifs is 1. The average molecular weight is 384 g/mol. The number of esters is 1.